The summed E-state index contributed by atoms with van der Waals surface area (Å²) in [6, 6.07) is 10.8. The molecule has 190 valence electrons. The first-order valence-electron chi connectivity index (χ1n) is 13.2. The third-order valence-corrected chi connectivity index (χ3v) is 8.88. The number of aromatic amines is 2. The van der Waals surface area contributed by atoms with Crippen LogP contribution >= 0.6 is 0 Å². The monoisotopic (exact) mass is 500 g/mol. The van der Waals surface area contributed by atoms with Crippen LogP contribution in [-0.2, 0) is 17.8 Å². The molecule has 8 rings (SSSR count). The van der Waals surface area contributed by atoms with E-state index in [2.05, 4.69) is 31.9 Å². The molecule has 0 amide bonds. The lowest BCUT2D eigenvalue weighted by Crippen LogP contribution is -2.36. The molecule has 4 atom stereocenters. The number of benzene rings is 2. The topological polar surface area (TPSA) is 93.1 Å². The number of nitrogens with zero attached hydrogens (tertiary/aromatic N) is 4. The molecule has 3 N–H and O–H groups in total. The van der Waals surface area contributed by atoms with Crippen LogP contribution in [0.3, 0.4) is 0 Å². The number of halogens is 1. The predicted molar refractivity (Wildman–Crippen MR) is 137 cm³/mol. The van der Waals surface area contributed by atoms with Gasteiger partial charge < -0.3 is 14.8 Å². The molecule has 4 unspecified atom stereocenters. The average Bonchev–Trinajstić information content (AvgIpc) is 3.64. The molecule has 4 aliphatic heterocycles. The van der Waals surface area contributed by atoms with Crippen molar-refractivity contribution in [2.45, 2.75) is 56.9 Å². The van der Waals surface area contributed by atoms with Gasteiger partial charge in [0.25, 0.3) is 0 Å². The van der Waals surface area contributed by atoms with E-state index in [1.54, 1.807) is 6.07 Å². The summed E-state index contributed by atoms with van der Waals surface area (Å²) in [7, 11) is 0. The van der Waals surface area contributed by atoms with Gasteiger partial charge >= 0.3 is 0 Å². The first kappa shape index (κ1) is 21.8. The highest BCUT2D eigenvalue weighted by molar-refractivity contribution is 5.94. The van der Waals surface area contributed by atoms with E-state index >= 15 is 0 Å². The molecule has 4 aromatic rings. The summed E-state index contributed by atoms with van der Waals surface area (Å²) in [4.78, 5) is 13.3. The zero-order chi connectivity index (χ0) is 24.8. The molecule has 9 heteroatoms. The molecule has 2 aromatic heterocycles. The van der Waals surface area contributed by atoms with Crippen LogP contribution in [-0.4, -0.2) is 73.0 Å². The lowest BCUT2D eigenvalue weighted by molar-refractivity contribution is 0.0320. The molecule has 2 aromatic carbocycles. The molecular weight excluding hydrogens is 471 g/mol. The summed E-state index contributed by atoms with van der Waals surface area (Å²) in [6.07, 6.45) is 2.16. The number of phenols is 1. The fourth-order valence-electron chi connectivity index (χ4n) is 6.57. The zero-order valence-electron chi connectivity index (χ0n) is 20.7. The van der Waals surface area contributed by atoms with Crippen molar-refractivity contribution in [3.63, 3.8) is 0 Å². The molecule has 3 fully saturated rings. The number of phenolic OH excluding ortho intramolecular Hbond substituents is 1. The van der Waals surface area contributed by atoms with Gasteiger partial charge in [0.15, 0.2) is 17.4 Å². The molecule has 4 aliphatic rings. The lowest BCUT2D eigenvalue weighted by Gasteiger charge is -2.30. The summed E-state index contributed by atoms with van der Waals surface area (Å²) in [6.45, 7) is 6.74. The molecule has 8 nitrogen and oxygen atoms in total. The average molecular weight is 501 g/mol. The molecule has 3 saturated heterocycles. The van der Waals surface area contributed by atoms with Gasteiger partial charge in [-0.1, -0.05) is 13.0 Å². The third-order valence-electron chi connectivity index (χ3n) is 8.88. The van der Waals surface area contributed by atoms with Crippen molar-refractivity contribution in [3.05, 3.63) is 53.1 Å². The van der Waals surface area contributed by atoms with Gasteiger partial charge in [-0.05, 0) is 59.7 Å². The van der Waals surface area contributed by atoms with E-state index in [-0.39, 0.29) is 11.7 Å². The largest absolute Gasteiger partial charge is 0.505 e. The van der Waals surface area contributed by atoms with Gasteiger partial charge in [0.2, 0.25) is 0 Å². The number of fused-ring (bicyclic) bond motifs is 3. The molecule has 6 heterocycles. The van der Waals surface area contributed by atoms with Crippen molar-refractivity contribution >= 4 is 10.9 Å². The first-order chi connectivity index (χ1) is 18.0. The van der Waals surface area contributed by atoms with Crippen molar-refractivity contribution < 1.29 is 14.2 Å². The van der Waals surface area contributed by atoms with Crippen molar-refractivity contribution in [2.24, 2.45) is 0 Å². The summed E-state index contributed by atoms with van der Waals surface area (Å²) in [5, 5.41) is 18.8. The second-order valence-corrected chi connectivity index (χ2v) is 11.0. The maximum absolute atomic E-state index is 14.5. The number of hydrogen-bond donors (Lipinski definition) is 3. The Balaban J connectivity index is 1.10. The standard InChI is InChI=1S/C28H29FN6O2/c1-14(27-24-13-35(24)27)18-10-25(36)20(29)9-19(18)15-2-3-17-21(8-15)32-33-26(17)28-30-22-11-34(12-23(22)31-28)16-4-6-37-7-5-16/h2-3,8-10,14,16,24,27,36H,4-7,11-13H2,1H3,(H,30,31)(H,32,33). The Morgan fingerprint density at radius 2 is 2.00 bits per heavy atom. The molecule has 0 spiro atoms. The number of H-pyrrole nitrogens is 2. The van der Waals surface area contributed by atoms with E-state index in [4.69, 9.17) is 9.72 Å². The second-order valence-electron chi connectivity index (χ2n) is 11.0. The Hall–Kier alpha value is -3.27. The third kappa shape index (κ3) is 3.44. The van der Waals surface area contributed by atoms with E-state index < -0.39 is 5.82 Å². The highest BCUT2D eigenvalue weighted by Crippen LogP contribution is 2.52. The fourth-order valence-corrected chi connectivity index (χ4v) is 6.57. The Morgan fingerprint density at radius 3 is 2.76 bits per heavy atom. The van der Waals surface area contributed by atoms with Crippen molar-refractivity contribution in [2.75, 3.05) is 19.8 Å². The second kappa shape index (κ2) is 7.86. The van der Waals surface area contributed by atoms with Crippen LogP contribution in [0.1, 0.15) is 42.6 Å². The minimum Gasteiger partial charge on any atom is -0.505 e. The quantitative estimate of drug-likeness (QED) is 0.357. The highest BCUT2D eigenvalue weighted by atomic mass is 19.1. The summed E-state index contributed by atoms with van der Waals surface area (Å²) >= 11 is 0. The van der Waals surface area contributed by atoms with Crippen LogP contribution < -0.4 is 0 Å². The van der Waals surface area contributed by atoms with Crippen LogP contribution in [0.2, 0.25) is 0 Å². The number of nitrogens with one attached hydrogen (secondary N) is 2. The number of rotatable bonds is 5. The molecule has 0 bridgehead atoms. The zero-order valence-corrected chi connectivity index (χ0v) is 20.7. The van der Waals surface area contributed by atoms with Gasteiger partial charge in [-0.2, -0.15) is 5.10 Å². The van der Waals surface area contributed by atoms with E-state index in [0.29, 0.717) is 18.1 Å². The van der Waals surface area contributed by atoms with Gasteiger partial charge in [-0.25, -0.2) is 9.37 Å². The molecule has 0 radical (unpaired) electrons. The van der Waals surface area contributed by atoms with Gasteiger partial charge in [0.05, 0.1) is 16.9 Å². The summed E-state index contributed by atoms with van der Waals surface area (Å²) < 4.78 is 20.0. The normalized spacial score (nSPS) is 25.8. The van der Waals surface area contributed by atoms with Crippen molar-refractivity contribution in [3.8, 4) is 28.4 Å². The minimum absolute atomic E-state index is 0.222. The van der Waals surface area contributed by atoms with E-state index in [0.717, 1.165) is 90.5 Å². The van der Waals surface area contributed by atoms with Crippen LogP contribution in [0, 0.1) is 5.82 Å². The Kier molecular flexibility index (Phi) is 4.63. The number of aromatic hydroxyl groups is 1. The van der Waals surface area contributed by atoms with Gasteiger partial charge in [0, 0.05) is 56.4 Å². The Labute approximate surface area is 213 Å². The summed E-state index contributed by atoms with van der Waals surface area (Å²) in [5.74, 6) is 0.112. The maximum Gasteiger partial charge on any atom is 0.165 e. The lowest BCUT2D eigenvalue weighted by atomic mass is 9.87. The predicted octanol–water partition coefficient (Wildman–Crippen LogP) is 4.13. The van der Waals surface area contributed by atoms with E-state index in [1.807, 2.05) is 18.2 Å². The smallest absolute Gasteiger partial charge is 0.165 e. The Bertz CT molecular complexity index is 1510. The van der Waals surface area contributed by atoms with Crippen molar-refractivity contribution in [1.82, 2.24) is 30.0 Å². The first-order valence-corrected chi connectivity index (χ1v) is 13.2. The van der Waals surface area contributed by atoms with Gasteiger partial charge in [-0.3, -0.25) is 14.9 Å². The molecule has 0 saturated carbocycles. The Morgan fingerprint density at radius 1 is 1.16 bits per heavy atom. The SMILES string of the molecule is CC(c1cc(O)c(F)cc1-c1ccc2c(-c3nc4c([nH]3)CN(C3CCOCC3)C4)n[nH]c2c1)C1C2CN21. The highest BCUT2D eigenvalue weighted by Gasteiger charge is 2.64. The summed E-state index contributed by atoms with van der Waals surface area (Å²) in [5.41, 5.74) is 6.64. The van der Waals surface area contributed by atoms with Gasteiger partial charge in [-0.15, -0.1) is 0 Å². The van der Waals surface area contributed by atoms with Crippen LogP contribution in [0.15, 0.2) is 30.3 Å². The maximum atomic E-state index is 14.5. The van der Waals surface area contributed by atoms with Gasteiger partial charge in [0.1, 0.15) is 5.69 Å². The fraction of sp³-hybridized carbons (Fsp3) is 0.429. The number of imidazole rings is 1. The van der Waals surface area contributed by atoms with E-state index in [9.17, 15) is 9.50 Å². The number of ether oxygens (including phenoxy) is 1. The number of aromatic nitrogens is 4. The van der Waals surface area contributed by atoms with Crippen LogP contribution in [0.5, 0.6) is 5.75 Å². The molecule has 0 aliphatic carbocycles. The van der Waals surface area contributed by atoms with Crippen LogP contribution in [0.25, 0.3) is 33.5 Å². The molecular formula is C28H29FN6O2. The van der Waals surface area contributed by atoms with E-state index in [1.165, 1.54) is 11.8 Å². The van der Waals surface area contributed by atoms with Crippen LogP contribution in [0.4, 0.5) is 4.39 Å². The number of hydrogen-bond acceptors (Lipinski definition) is 6. The molecule has 37 heavy (non-hydrogen) atoms. The minimum atomic E-state index is -0.600. The van der Waals surface area contributed by atoms with Crippen molar-refractivity contribution in [1.29, 1.82) is 0 Å².